The molecule has 0 amide bonds. The number of aromatic nitrogens is 3. The molecule has 4 N–H and O–H groups in total. The first-order chi connectivity index (χ1) is 19.7. The number of aliphatic hydroxyl groups is 2. The van der Waals surface area contributed by atoms with Crippen LogP contribution in [0.3, 0.4) is 0 Å². The molecule has 1 aliphatic heterocycles. The molecule has 0 spiro atoms. The molecular formula is C27H41N4O9P. The standard InChI is InChI=1S/C25H33N4O7P.2CH4O/c1-25(2,3)15-33-24(30)32-14-19-9-12-22(36-19)20-10-11-21-23(26)28(16-27-29(20)21)17-35-37(31)34-13-18-7-5-4-6-8-18;2*1-2/h4-8,10-11,16,19,22,26,31H,9,12-15,17H2,1-3H3;2*2H,1H3. The molecule has 3 unspecified atom stereocenters. The zero-order chi connectivity index (χ0) is 30.4. The first-order valence-corrected chi connectivity index (χ1v) is 14.1. The number of nitrogens with one attached hydrogen (secondary N) is 1. The maximum Gasteiger partial charge on any atom is 0.508 e. The average molecular weight is 597 g/mol. The van der Waals surface area contributed by atoms with Crippen LogP contribution in [0.15, 0.2) is 48.8 Å². The normalized spacial score (nSPS) is 17.2. The van der Waals surface area contributed by atoms with Crippen LogP contribution >= 0.6 is 8.60 Å². The van der Waals surface area contributed by atoms with Crippen LogP contribution in [-0.2, 0) is 36.6 Å². The van der Waals surface area contributed by atoms with Crippen molar-refractivity contribution in [2.75, 3.05) is 27.4 Å². The second-order valence-corrected chi connectivity index (χ2v) is 11.0. The Hall–Kier alpha value is -2.90. The summed E-state index contributed by atoms with van der Waals surface area (Å²) in [5, 5.41) is 27.0. The van der Waals surface area contributed by atoms with E-state index in [-0.39, 0.29) is 49.7 Å². The predicted octanol–water partition coefficient (Wildman–Crippen LogP) is 3.66. The lowest BCUT2D eigenvalue weighted by molar-refractivity contribution is -0.0230. The minimum absolute atomic E-state index is 0.0789. The molecule has 2 aromatic heterocycles. The molecule has 14 heteroatoms. The van der Waals surface area contributed by atoms with Crippen LogP contribution in [-0.4, -0.2) is 69.0 Å². The number of benzene rings is 1. The maximum absolute atomic E-state index is 11.8. The van der Waals surface area contributed by atoms with Crippen molar-refractivity contribution in [2.24, 2.45) is 5.41 Å². The molecule has 4 rings (SSSR count). The Bertz CT molecular complexity index is 1250. The van der Waals surface area contributed by atoms with Gasteiger partial charge in [-0.15, -0.1) is 0 Å². The van der Waals surface area contributed by atoms with Gasteiger partial charge in [0.05, 0.1) is 25.0 Å². The summed E-state index contributed by atoms with van der Waals surface area (Å²) in [5.41, 5.74) is 2.35. The van der Waals surface area contributed by atoms with E-state index < -0.39 is 14.8 Å². The fourth-order valence-corrected chi connectivity index (χ4v) is 4.35. The number of ether oxygens (including phenoxy) is 3. The Labute approximate surface area is 240 Å². The maximum atomic E-state index is 11.8. The Balaban J connectivity index is 0.00000141. The van der Waals surface area contributed by atoms with Crippen LogP contribution in [0.4, 0.5) is 4.79 Å². The topological polar surface area (TPSA) is 170 Å². The van der Waals surface area contributed by atoms with E-state index in [1.54, 1.807) is 10.6 Å². The van der Waals surface area contributed by atoms with Gasteiger partial charge in [0, 0.05) is 14.2 Å². The third kappa shape index (κ3) is 10.8. The van der Waals surface area contributed by atoms with Gasteiger partial charge in [-0.1, -0.05) is 51.1 Å². The number of fused-ring (bicyclic) bond motifs is 1. The third-order valence-corrected chi connectivity index (χ3v) is 6.35. The highest BCUT2D eigenvalue weighted by Crippen LogP contribution is 2.35. The number of carbonyl (C=O) groups is 1. The van der Waals surface area contributed by atoms with E-state index in [1.165, 1.54) is 10.9 Å². The van der Waals surface area contributed by atoms with Crippen molar-refractivity contribution >= 4 is 20.3 Å². The molecule has 3 atom stereocenters. The van der Waals surface area contributed by atoms with Gasteiger partial charge in [-0.05, 0) is 36.0 Å². The molecule has 13 nitrogen and oxygen atoms in total. The van der Waals surface area contributed by atoms with Gasteiger partial charge in [0.1, 0.15) is 31.3 Å². The van der Waals surface area contributed by atoms with E-state index in [2.05, 4.69) is 5.10 Å². The minimum Gasteiger partial charge on any atom is -0.434 e. The molecule has 3 heterocycles. The van der Waals surface area contributed by atoms with E-state index in [0.29, 0.717) is 5.52 Å². The first kappa shape index (κ1) is 34.3. The highest BCUT2D eigenvalue weighted by Gasteiger charge is 2.30. The summed E-state index contributed by atoms with van der Waals surface area (Å²) in [6.07, 6.45) is 1.76. The molecule has 3 aromatic rings. The van der Waals surface area contributed by atoms with Gasteiger partial charge >= 0.3 is 14.8 Å². The van der Waals surface area contributed by atoms with Crippen LogP contribution in [0.1, 0.15) is 51.0 Å². The first-order valence-electron chi connectivity index (χ1n) is 12.9. The molecule has 228 valence electrons. The third-order valence-electron chi connectivity index (χ3n) is 5.66. The Kier molecular flexibility index (Phi) is 14.3. The number of nitrogens with zero attached hydrogens (tertiary/aromatic N) is 3. The summed E-state index contributed by atoms with van der Waals surface area (Å²) in [6.45, 7) is 6.48. The molecule has 0 saturated carbocycles. The van der Waals surface area contributed by atoms with E-state index >= 15 is 0 Å². The van der Waals surface area contributed by atoms with Crippen molar-refractivity contribution in [3.63, 3.8) is 0 Å². The van der Waals surface area contributed by atoms with E-state index in [1.807, 2.05) is 57.2 Å². The van der Waals surface area contributed by atoms with Crippen LogP contribution in [0.2, 0.25) is 0 Å². The average Bonchev–Trinajstić information content (AvgIpc) is 3.63. The fourth-order valence-electron chi connectivity index (χ4n) is 3.79. The number of rotatable bonds is 10. The van der Waals surface area contributed by atoms with E-state index in [4.69, 9.17) is 38.9 Å². The lowest BCUT2D eigenvalue weighted by atomic mass is 9.99. The highest BCUT2D eigenvalue weighted by atomic mass is 31.2. The summed E-state index contributed by atoms with van der Waals surface area (Å²) in [6, 6.07) is 13.2. The molecule has 0 aliphatic carbocycles. The molecule has 0 bridgehead atoms. The van der Waals surface area contributed by atoms with Crippen LogP contribution < -0.4 is 5.49 Å². The second-order valence-electron chi connectivity index (χ2n) is 9.99. The Morgan fingerprint density at radius 2 is 1.78 bits per heavy atom. The quantitative estimate of drug-likeness (QED) is 0.200. The highest BCUT2D eigenvalue weighted by molar-refractivity contribution is 7.40. The number of hydrogen-bond donors (Lipinski definition) is 4. The largest absolute Gasteiger partial charge is 0.508 e. The molecule has 1 fully saturated rings. The van der Waals surface area contributed by atoms with Crippen molar-refractivity contribution in [3.8, 4) is 0 Å². The lowest BCUT2D eigenvalue weighted by Gasteiger charge is -2.18. The number of hydrogen-bond acceptors (Lipinski definition) is 11. The summed E-state index contributed by atoms with van der Waals surface area (Å²) in [7, 11) is -0.111. The summed E-state index contributed by atoms with van der Waals surface area (Å²) in [5.74, 6) is 0. The van der Waals surface area contributed by atoms with Crippen molar-refractivity contribution in [1.29, 1.82) is 5.41 Å². The molecule has 1 saturated heterocycles. The predicted molar refractivity (Wildman–Crippen MR) is 150 cm³/mol. The lowest BCUT2D eigenvalue weighted by Crippen LogP contribution is -2.24. The zero-order valence-corrected chi connectivity index (χ0v) is 25.0. The SMILES string of the molecule is CC(C)(C)COC(=O)OCC1CCC(c2ccc3c(=N)n(COP(O)OCc4ccccc4)cnn23)O1.CO.CO. The summed E-state index contributed by atoms with van der Waals surface area (Å²) >= 11 is 0. The van der Waals surface area contributed by atoms with Gasteiger partial charge in [0.15, 0.2) is 5.49 Å². The van der Waals surface area contributed by atoms with Crippen LogP contribution in [0, 0.1) is 10.8 Å². The Morgan fingerprint density at radius 3 is 2.46 bits per heavy atom. The molecule has 41 heavy (non-hydrogen) atoms. The molecule has 1 aromatic carbocycles. The van der Waals surface area contributed by atoms with Gasteiger partial charge in [0.2, 0.25) is 0 Å². The van der Waals surface area contributed by atoms with Gasteiger partial charge in [-0.25, -0.2) is 9.31 Å². The van der Waals surface area contributed by atoms with Crippen molar-refractivity contribution in [2.45, 2.75) is 59.2 Å². The smallest absolute Gasteiger partial charge is 0.434 e. The zero-order valence-electron chi connectivity index (χ0n) is 24.1. The van der Waals surface area contributed by atoms with Crippen molar-refractivity contribution in [3.05, 3.63) is 65.5 Å². The molecule has 1 aliphatic rings. The van der Waals surface area contributed by atoms with Gasteiger partial charge in [-0.2, -0.15) is 5.10 Å². The van der Waals surface area contributed by atoms with Gasteiger partial charge in [0.25, 0.3) is 0 Å². The van der Waals surface area contributed by atoms with Crippen LogP contribution in [0.25, 0.3) is 5.52 Å². The fraction of sp³-hybridized carbons (Fsp3) is 0.519. The van der Waals surface area contributed by atoms with Crippen molar-refractivity contribution < 1.29 is 43.2 Å². The van der Waals surface area contributed by atoms with E-state index in [0.717, 1.165) is 38.3 Å². The summed E-state index contributed by atoms with van der Waals surface area (Å²) in [4.78, 5) is 21.9. The summed E-state index contributed by atoms with van der Waals surface area (Å²) < 4.78 is 30.3. The van der Waals surface area contributed by atoms with E-state index in [9.17, 15) is 9.69 Å². The number of aliphatic hydroxyl groups excluding tert-OH is 2. The molecule has 0 radical (unpaired) electrons. The van der Waals surface area contributed by atoms with Gasteiger partial charge in [-0.3, -0.25) is 14.5 Å². The minimum atomic E-state index is -2.11. The monoisotopic (exact) mass is 596 g/mol. The van der Waals surface area contributed by atoms with Crippen LogP contribution in [0.5, 0.6) is 0 Å². The molecular weight excluding hydrogens is 555 g/mol. The second kappa shape index (κ2) is 17.1. The number of carbonyl (C=O) groups excluding carboxylic acids is 1. The Morgan fingerprint density at radius 1 is 1.07 bits per heavy atom. The van der Waals surface area contributed by atoms with Gasteiger partial charge < -0.3 is 33.8 Å². The van der Waals surface area contributed by atoms with Crippen molar-refractivity contribution in [1.82, 2.24) is 14.2 Å².